The summed E-state index contributed by atoms with van der Waals surface area (Å²) in [5.41, 5.74) is -0.799. The molecule has 4 nitrogen and oxygen atoms in total. The topological polar surface area (TPSA) is 54.6 Å². The highest BCUT2D eigenvalue weighted by Gasteiger charge is 2.34. The van der Waals surface area contributed by atoms with Crippen molar-refractivity contribution in [2.24, 2.45) is 0 Å². The lowest BCUT2D eigenvalue weighted by molar-refractivity contribution is -0.137. The van der Waals surface area contributed by atoms with E-state index in [1.165, 1.54) is 47.1 Å². The standard InChI is InChI=1S/C15H9F3N2O2/c16-15(17,18)11-6-2-1-4-9(11)12-8-20-7-3-5-10(14(21)22)13(20)19-12/h1-8H,(H,21,22). The van der Waals surface area contributed by atoms with E-state index in [0.29, 0.717) is 0 Å². The number of imidazole rings is 1. The van der Waals surface area contributed by atoms with E-state index in [2.05, 4.69) is 4.98 Å². The second kappa shape index (κ2) is 4.87. The molecule has 0 saturated carbocycles. The molecule has 2 heterocycles. The van der Waals surface area contributed by atoms with E-state index in [-0.39, 0.29) is 22.5 Å². The van der Waals surface area contributed by atoms with Crippen molar-refractivity contribution in [1.82, 2.24) is 9.38 Å². The first kappa shape index (κ1) is 14.1. The Kier molecular flexibility index (Phi) is 3.13. The van der Waals surface area contributed by atoms with Crippen LogP contribution in [0.4, 0.5) is 13.2 Å². The summed E-state index contributed by atoms with van der Waals surface area (Å²) in [6.07, 6.45) is -1.59. The number of carboxylic acid groups (broad SMARTS) is 1. The first-order valence-electron chi connectivity index (χ1n) is 6.25. The van der Waals surface area contributed by atoms with Gasteiger partial charge < -0.3 is 9.51 Å². The molecule has 0 aliphatic heterocycles. The summed E-state index contributed by atoms with van der Waals surface area (Å²) < 4.78 is 40.6. The Morgan fingerprint density at radius 3 is 2.55 bits per heavy atom. The van der Waals surface area contributed by atoms with Gasteiger partial charge in [0.1, 0.15) is 5.56 Å². The molecule has 7 heteroatoms. The summed E-state index contributed by atoms with van der Waals surface area (Å²) in [4.78, 5) is 15.2. The molecule has 2 aromatic heterocycles. The highest BCUT2D eigenvalue weighted by Crippen LogP contribution is 2.36. The van der Waals surface area contributed by atoms with Crippen molar-refractivity contribution in [2.45, 2.75) is 6.18 Å². The summed E-state index contributed by atoms with van der Waals surface area (Å²) in [6.45, 7) is 0. The van der Waals surface area contributed by atoms with Crippen LogP contribution in [0.15, 0.2) is 48.8 Å². The molecule has 0 atom stereocenters. The number of hydrogen-bond acceptors (Lipinski definition) is 2. The number of aromatic carboxylic acids is 1. The van der Waals surface area contributed by atoms with E-state index in [9.17, 15) is 18.0 Å². The minimum atomic E-state index is -4.51. The van der Waals surface area contributed by atoms with Gasteiger partial charge in [0.05, 0.1) is 11.3 Å². The number of hydrogen-bond donors (Lipinski definition) is 1. The van der Waals surface area contributed by atoms with E-state index in [4.69, 9.17) is 5.11 Å². The lowest BCUT2D eigenvalue weighted by atomic mass is 10.1. The zero-order chi connectivity index (χ0) is 15.9. The molecular formula is C15H9F3N2O2. The Balaban J connectivity index is 2.25. The molecule has 0 bridgehead atoms. The van der Waals surface area contributed by atoms with Gasteiger partial charge in [0, 0.05) is 18.0 Å². The van der Waals surface area contributed by atoms with Gasteiger partial charge in [0.25, 0.3) is 0 Å². The maximum Gasteiger partial charge on any atom is 0.417 e. The van der Waals surface area contributed by atoms with Crippen molar-refractivity contribution in [1.29, 1.82) is 0 Å². The van der Waals surface area contributed by atoms with Gasteiger partial charge in [-0.1, -0.05) is 18.2 Å². The Morgan fingerprint density at radius 1 is 1.14 bits per heavy atom. The number of carbonyl (C=O) groups is 1. The average molecular weight is 306 g/mol. The van der Waals surface area contributed by atoms with Gasteiger partial charge in [-0.05, 0) is 18.2 Å². The molecule has 0 spiro atoms. The van der Waals surface area contributed by atoms with E-state index in [1.807, 2.05) is 0 Å². The van der Waals surface area contributed by atoms with Gasteiger partial charge in [-0.15, -0.1) is 0 Å². The molecule has 0 fully saturated rings. The van der Waals surface area contributed by atoms with Crippen LogP contribution in [0.1, 0.15) is 15.9 Å². The van der Waals surface area contributed by atoms with Crippen molar-refractivity contribution in [3.05, 3.63) is 59.9 Å². The van der Waals surface area contributed by atoms with Crippen LogP contribution in [0.25, 0.3) is 16.9 Å². The molecule has 0 radical (unpaired) electrons. The maximum absolute atomic E-state index is 13.1. The maximum atomic E-state index is 13.1. The van der Waals surface area contributed by atoms with Crippen LogP contribution in [-0.4, -0.2) is 20.5 Å². The van der Waals surface area contributed by atoms with Crippen LogP contribution in [0.3, 0.4) is 0 Å². The Morgan fingerprint density at radius 2 is 1.86 bits per heavy atom. The monoisotopic (exact) mass is 306 g/mol. The van der Waals surface area contributed by atoms with E-state index < -0.39 is 17.7 Å². The van der Waals surface area contributed by atoms with Crippen molar-refractivity contribution < 1.29 is 23.1 Å². The lowest BCUT2D eigenvalue weighted by Gasteiger charge is -2.10. The third kappa shape index (κ3) is 2.30. The third-order valence-electron chi connectivity index (χ3n) is 3.22. The van der Waals surface area contributed by atoms with E-state index in [1.54, 1.807) is 0 Å². The normalized spacial score (nSPS) is 11.8. The van der Waals surface area contributed by atoms with Gasteiger partial charge in [-0.2, -0.15) is 13.2 Å². The zero-order valence-corrected chi connectivity index (χ0v) is 11.0. The van der Waals surface area contributed by atoms with Gasteiger partial charge in [0.15, 0.2) is 5.65 Å². The lowest BCUT2D eigenvalue weighted by Crippen LogP contribution is -2.06. The van der Waals surface area contributed by atoms with Crippen LogP contribution in [0.5, 0.6) is 0 Å². The molecule has 0 unspecified atom stereocenters. The van der Waals surface area contributed by atoms with E-state index >= 15 is 0 Å². The van der Waals surface area contributed by atoms with Crippen molar-refractivity contribution in [3.63, 3.8) is 0 Å². The van der Waals surface area contributed by atoms with Crippen molar-refractivity contribution >= 4 is 11.6 Å². The largest absolute Gasteiger partial charge is 0.478 e. The summed E-state index contributed by atoms with van der Waals surface area (Å²) in [6, 6.07) is 7.90. The van der Waals surface area contributed by atoms with Gasteiger partial charge in [-0.25, -0.2) is 9.78 Å². The number of alkyl halides is 3. The Bertz CT molecular complexity index is 869. The first-order valence-corrected chi connectivity index (χ1v) is 6.25. The number of halogens is 3. The summed E-state index contributed by atoms with van der Waals surface area (Å²) in [7, 11) is 0. The zero-order valence-electron chi connectivity index (χ0n) is 11.0. The first-order chi connectivity index (χ1) is 10.4. The molecule has 1 aromatic carbocycles. The van der Waals surface area contributed by atoms with Crippen LogP contribution < -0.4 is 0 Å². The quantitative estimate of drug-likeness (QED) is 0.785. The number of carboxylic acids is 1. The fourth-order valence-corrected chi connectivity index (χ4v) is 2.26. The molecule has 0 saturated heterocycles. The molecule has 1 N–H and O–H groups in total. The highest BCUT2D eigenvalue weighted by molar-refractivity contribution is 5.94. The van der Waals surface area contributed by atoms with Crippen LogP contribution in [0, 0.1) is 0 Å². The second-order valence-electron chi connectivity index (χ2n) is 4.63. The van der Waals surface area contributed by atoms with Gasteiger partial charge in [0.2, 0.25) is 0 Å². The molecule has 112 valence electrons. The predicted octanol–water partition coefficient (Wildman–Crippen LogP) is 3.72. The molecule has 22 heavy (non-hydrogen) atoms. The molecule has 0 amide bonds. The van der Waals surface area contributed by atoms with E-state index in [0.717, 1.165) is 6.07 Å². The average Bonchev–Trinajstić information content (AvgIpc) is 2.89. The predicted molar refractivity (Wildman–Crippen MR) is 72.6 cm³/mol. The summed E-state index contributed by atoms with van der Waals surface area (Å²) in [5, 5.41) is 9.11. The SMILES string of the molecule is O=C(O)c1cccn2cc(-c3ccccc3C(F)(F)F)nc12. The number of nitrogens with zero attached hydrogens (tertiary/aromatic N) is 2. The van der Waals surface area contributed by atoms with Gasteiger partial charge in [-0.3, -0.25) is 0 Å². The molecule has 0 aliphatic carbocycles. The smallest absolute Gasteiger partial charge is 0.417 e. The number of benzene rings is 1. The summed E-state index contributed by atoms with van der Waals surface area (Å²) in [5.74, 6) is -1.19. The van der Waals surface area contributed by atoms with Gasteiger partial charge >= 0.3 is 12.1 Å². The summed E-state index contributed by atoms with van der Waals surface area (Å²) >= 11 is 0. The Labute approximate surface area is 122 Å². The number of rotatable bonds is 2. The third-order valence-corrected chi connectivity index (χ3v) is 3.22. The highest BCUT2D eigenvalue weighted by atomic mass is 19.4. The van der Waals surface area contributed by atoms with Crippen LogP contribution in [-0.2, 0) is 6.18 Å². The Hall–Kier alpha value is -2.83. The number of fused-ring (bicyclic) bond motifs is 1. The van der Waals surface area contributed by atoms with Crippen LogP contribution in [0.2, 0.25) is 0 Å². The molecule has 0 aliphatic rings. The fourth-order valence-electron chi connectivity index (χ4n) is 2.26. The second-order valence-corrected chi connectivity index (χ2v) is 4.63. The molecule has 3 rings (SSSR count). The number of aromatic nitrogens is 2. The number of pyridine rings is 1. The van der Waals surface area contributed by atoms with Crippen molar-refractivity contribution in [3.8, 4) is 11.3 Å². The minimum Gasteiger partial charge on any atom is -0.478 e. The molecule has 3 aromatic rings. The minimum absolute atomic E-state index is 0.0709. The molecular weight excluding hydrogens is 297 g/mol. The fraction of sp³-hybridized carbons (Fsp3) is 0.0667. The van der Waals surface area contributed by atoms with Crippen molar-refractivity contribution in [2.75, 3.05) is 0 Å². The van der Waals surface area contributed by atoms with Crippen LogP contribution >= 0.6 is 0 Å².